The van der Waals surface area contributed by atoms with Crippen molar-refractivity contribution in [3.63, 3.8) is 0 Å². The summed E-state index contributed by atoms with van der Waals surface area (Å²) in [6.45, 7) is 25.6. The highest BCUT2D eigenvalue weighted by atomic mass is 32.2. The zero-order valence-electron chi connectivity index (χ0n) is 18.1. The van der Waals surface area contributed by atoms with E-state index in [9.17, 15) is 0 Å². The molecule has 0 aliphatic rings. The Hall–Kier alpha value is 0.324. The van der Waals surface area contributed by atoms with Crippen LogP contribution in [0.4, 0.5) is 0 Å². The Bertz CT molecular complexity index is 374. The summed E-state index contributed by atoms with van der Waals surface area (Å²) in [6.07, 6.45) is 3.62. The third-order valence-corrected chi connectivity index (χ3v) is 14.1. The molecule has 4 heteroatoms. The fourth-order valence-corrected chi connectivity index (χ4v) is 9.34. The first kappa shape index (κ1) is 24.3. The van der Waals surface area contributed by atoms with Gasteiger partial charge >= 0.3 is 0 Å². The molecule has 0 rings (SSSR count). The highest BCUT2D eigenvalue weighted by Gasteiger charge is 2.48. The van der Waals surface area contributed by atoms with Gasteiger partial charge in [0.25, 0.3) is 8.32 Å². The van der Waals surface area contributed by atoms with E-state index in [1.54, 1.807) is 0 Å². The van der Waals surface area contributed by atoms with Crippen LogP contribution >= 0.6 is 11.8 Å². The SMILES string of the molecule is C=C(CC)O[Si](C)(CCCSCCC[Si](C)(C)C)C(C)(C)C(C)C. The van der Waals surface area contributed by atoms with Crippen molar-refractivity contribution in [3.05, 3.63) is 12.3 Å². The van der Waals surface area contributed by atoms with Gasteiger partial charge in [-0.3, -0.25) is 0 Å². The van der Waals surface area contributed by atoms with E-state index in [1.807, 2.05) is 0 Å². The smallest absolute Gasteiger partial charge is 0.253 e. The Balaban J connectivity index is 4.46. The van der Waals surface area contributed by atoms with Crippen LogP contribution in [0.1, 0.15) is 53.9 Å². The molecule has 1 atom stereocenters. The quantitative estimate of drug-likeness (QED) is 0.181. The van der Waals surface area contributed by atoms with Crippen LogP contribution in [0.25, 0.3) is 0 Å². The largest absolute Gasteiger partial charge is 0.547 e. The maximum atomic E-state index is 6.53. The molecule has 0 heterocycles. The fourth-order valence-electron chi connectivity index (χ4n) is 2.82. The normalized spacial score (nSPS) is 15.4. The molecular formula is C20H44OSSi2. The zero-order chi connectivity index (χ0) is 19.0. The van der Waals surface area contributed by atoms with Crippen molar-refractivity contribution in [1.82, 2.24) is 0 Å². The lowest BCUT2D eigenvalue weighted by molar-refractivity contribution is 0.324. The average molecular weight is 389 g/mol. The molecule has 144 valence electrons. The molecule has 0 radical (unpaired) electrons. The van der Waals surface area contributed by atoms with Crippen LogP contribution in [-0.2, 0) is 4.43 Å². The lowest BCUT2D eigenvalue weighted by Gasteiger charge is -2.45. The first-order valence-electron chi connectivity index (χ1n) is 9.80. The molecule has 0 saturated heterocycles. The maximum absolute atomic E-state index is 6.53. The fraction of sp³-hybridized carbons (Fsp3) is 0.900. The molecule has 24 heavy (non-hydrogen) atoms. The van der Waals surface area contributed by atoms with Crippen molar-refractivity contribution in [1.29, 1.82) is 0 Å². The third kappa shape index (κ3) is 8.62. The molecule has 0 aliphatic heterocycles. The van der Waals surface area contributed by atoms with Crippen LogP contribution in [0, 0.1) is 5.92 Å². The molecular weight excluding hydrogens is 344 g/mol. The summed E-state index contributed by atoms with van der Waals surface area (Å²) in [5.41, 5.74) is 0. The standard InChI is InChI=1S/C20H44OSSi2/c1-11-19(4)21-24(10,20(5,6)18(2)3)17-13-15-22-14-12-16-23(7,8)9/h18H,4,11-17H2,1-3,5-10H3. The maximum Gasteiger partial charge on any atom is 0.253 e. The number of hydrogen-bond donors (Lipinski definition) is 0. The van der Waals surface area contributed by atoms with Gasteiger partial charge in [-0.25, -0.2) is 0 Å². The molecule has 1 unspecified atom stereocenters. The van der Waals surface area contributed by atoms with E-state index in [4.69, 9.17) is 4.43 Å². The summed E-state index contributed by atoms with van der Waals surface area (Å²) in [5, 5.41) is 0.271. The molecule has 0 bridgehead atoms. The molecule has 0 spiro atoms. The van der Waals surface area contributed by atoms with Crippen LogP contribution in [0.3, 0.4) is 0 Å². The molecule has 0 aromatic carbocycles. The van der Waals surface area contributed by atoms with Gasteiger partial charge in [0.2, 0.25) is 0 Å². The zero-order valence-corrected chi connectivity index (χ0v) is 20.9. The van der Waals surface area contributed by atoms with Gasteiger partial charge in [0.05, 0.1) is 5.76 Å². The summed E-state index contributed by atoms with van der Waals surface area (Å²) in [7, 11) is -2.68. The topological polar surface area (TPSA) is 9.23 Å². The third-order valence-electron chi connectivity index (χ3n) is 5.73. The lowest BCUT2D eigenvalue weighted by Crippen LogP contribution is -2.47. The van der Waals surface area contributed by atoms with Gasteiger partial charge in [-0.15, -0.1) is 0 Å². The van der Waals surface area contributed by atoms with Crippen molar-refractivity contribution in [2.24, 2.45) is 5.92 Å². The summed E-state index contributed by atoms with van der Waals surface area (Å²) in [6, 6.07) is 2.71. The van der Waals surface area contributed by atoms with Gasteiger partial charge < -0.3 is 4.43 Å². The number of allylic oxidation sites excluding steroid dienone is 1. The molecule has 0 aliphatic carbocycles. The van der Waals surface area contributed by atoms with Gasteiger partial charge in [-0.2, -0.15) is 11.8 Å². The van der Waals surface area contributed by atoms with Gasteiger partial charge in [0.15, 0.2) is 0 Å². The second-order valence-corrected chi connectivity index (χ2v) is 20.8. The van der Waals surface area contributed by atoms with E-state index in [0.29, 0.717) is 5.92 Å². The van der Waals surface area contributed by atoms with Crippen molar-refractivity contribution in [2.75, 3.05) is 11.5 Å². The molecule has 0 amide bonds. The minimum Gasteiger partial charge on any atom is -0.547 e. The number of rotatable bonds is 13. The summed E-state index contributed by atoms with van der Waals surface area (Å²) < 4.78 is 6.53. The molecule has 1 nitrogen and oxygen atoms in total. The minimum absolute atomic E-state index is 0.271. The predicted molar refractivity (Wildman–Crippen MR) is 121 cm³/mol. The van der Waals surface area contributed by atoms with E-state index >= 15 is 0 Å². The summed E-state index contributed by atoms with van der Waals surface area (Å²) in [4.78, 5) is 0. The van der Waals surface area contributed by atoms with Gasteiger partial charge in [-0.1, -0.05) is 66.9 Å². The Morgan fingerprint density at radius 1 is 1.04 bits per heavy atom. The molecule has 0 saturated carbocycles. The molecule has 0 N–H and O–H groups in total. The molecule has 0 aromatic heterocycles. The Morgan fingerprint density at radius 2 is 1.54 bits per heavy atom. The first-order valence-corrected chi connectivity index (χ1v) is 17.3. The summed E-state index contributed by atoms with van der Waals surface area (Å²) in [5.74, 6) is 4.24. The van der Waals surface area contributed by atoms with Gasteiger partial charge in [0, 0.05) is 8.07 Å². The van der Waals surface area contributed by atoms with Crippen LogP contribution in [-0.4, -0.2) is 27.9 Å². The molecule has 0 aromatic rings. The van der Waals surface area contributed by atoms with Crippen molar-refractivity contribution in [3.8, 4) is 0 Å². The van der Waals surface area contributed by atoms with Crippen molar-refractivity contribution in [2.45, 2.75) is 97.2 Å². The monoisotopic (exact) mass is 388 g/mol. The minimum atomic E-state index is -1.83. The van der Waals surface area contributed by atoms with Crippen molar-refractivity contribution < 1.29 is 4.43 Å². The van der Waals surface area contributed by atoms with E-state index in [0.717, 1.165) is 12.2 Å². The first-order chi connectivity index (χ1) is 10.9. The van der Waals surface area contributed by atoms with E-state index < -0.39 is 16.4 Å². The second-order valence-electron chi connectivity index (χ2n) is 9.48. The average Bonchev–Trinajstić information content (AvgIpc) is 2.44. The van der Waals surface area contributed by atoms with Gasteiger partial charge in [0.1, 0.15) is 0 Å². The van der Waals surface area contributed by atoms with Crippen LogP contribution in [0.15, 0.2) is 12.3 Å². The van der Waals surface area contributed by atoms with E-state index in [-0.39, 0.29) is 5.04 Å². The van der Waals surface area contributed by atoms with Gasteiger partial charge in [-0.05, 0) is 54.3 Å². The predicted octanol–water partition coefficient (Wildman–Crippen LogP) is 7.79. The van der Waals surface area contributed by atoms with Crippen LogP contribution in [0.2, 0.25) is 43.3 Å². The Morgan fingerprint density at radius 3 is 1.96 bits per heavy atom. The van der Waals surface area contributed by atoms with Crippen molar-refractivity contribution >= 4 is 28.2 Å². The van der Waals surface area contributed by atoms with E-state index in [2.05, 4.69) is 79.1 Å². The lowest BCUT2D eigenvalue weighted by atomic mass is 9.99. The second kappa shape index (κ2) is 10.5. The highest BCUT2D eigenvalue weighted by molar-refractivity contribution is 7.99. The van der Waals surface area contributed by atoms with Crippen LogP contribution in [0.5, 0.6) is 0 Å². The van der Waals surface area contributed by atoms with E-state index in [1.165, 1.54) is 36.4 Å². The highest BCUT2D eigenvalue weighted by Crippen LogP contribution is 2.48. The summed E-state index contributed by atoms with van der Waals surface area (Å²) >= 11 is 2.14. The number of hydrogen-bond acceptors (Lipinski definition) is 2. The Labute approximate surface area is 159 Å². The number of thioether (sulfide) groups is 1. The molecule has 0 fully saturated rings. The Kier molecular flexibility index (Phi) is 10.6. The van der Waals surface area contributed by atoms with Crippen LogP contribution < -0.4 is 0 Å².